The van der Waals surface area contributed by atoms with Gasteiger partial charge in [-0.3, -0.25) is 9.11 Å². The third-order valence-electron chi connectivity index (χ3n) is 2.00. The molecule has 0 aromatic carbocycles. The lowest BCUT2D eigenvalue weighted by atomic mass is 10.2. The fraction of sp³-hybridized carbons (Fsp3) is 1.00. The summed E-state index contributed by atoms with van der Waals surface area (Å²) in [6.45, 7) is 2.54. The second kappa shape index (κ2) is 4.56. The summed E-state index contributed by atoms with van der Waals surface area (Å²) in [5.74, 6) is 0. The minimum absolute atomic E-state index is 0.0141. The SMILES string of the molecule is CC(CCC(C)S(=O)(=O)O)S(=O)(=O)O. The molecule has 0 radical (unpaired) electrons. The zero-order chi connectivity index (χ0) is 11.6. The van der Waals surface area contributed by atoms with Crippen LogP contribution in [-0.2, 0) is 20.2 Å². The maximum absolute atomic E-state index is 10.5. The summed E-state index contributed by atoms with van der Waals surface area (Å²) < 4.78 is 59.3. The van der Waals surface area contributed by atoms with E-state index < -0.39 is 30.7 Å². The van der Waals surface area contributed by atoms with E-state index in [9.17, 15) is 16.8 Å². The molecule has 0 heterocycles. The first-order valence-corrected chi connectivity index (χ1v) is 6.98. The second-order valence-corrected chi connectivity index (χ2v) is 6.90. The quantitative estimate of drug-likeness (QED) is 0.676. The maximum Gasteiger partial charge on any atom is 0.267 e. The Hall–Kier alpha value is -0.180. The van der Waals surface area contributed by atoms with E-state index in [1.165, 1.54) is 13.8 Å². The predicted molar refractivity (Wildman–Crippen MR) is 51.3 cm³/mol. The summed E-state index contributed by atoms with van der Waals surface area (Å²) in [7, 11) is -8.24. The van der Waals surface area contributed by atoms with E-state index in [2.05, 4.69) is 0 Å². The van der Waals surface area contributed by atoms with Crippen molar-refractivity contribution in [2.75, 3.05) is 0 Å². The molecule has 0 aliphatic heterocycles. The van der Waals surface area contributed by atoms with Crippen LogP contribution in [0.5, 0.6) is 0 Å². The molecule has 0 aliphatic carbocycles. The Kier molecular flexibility index (Phi) is 4.50. The molecule has 0 aromatic rings. The lowest BCUT2D eigenvalue weighted by Crippen LogP contribution is -2.22. The largest absolute Gasteiger partial charge is 0.285 e. The van der Waals surface area contributed by atoms with Crippen molar-refractivity contribution >= 4 is 20.2 Å². The molecule has 0 spiro atoms. The monoisotopic (exact) mass is 246 g/mol. The molecular weight excluding hydrogens is 232 g/mol. The number of hydrogen-bond acceptors (Lipinski definition) is 4. The van der Waals surface area contributed by atoms with Crippen LogP contribution < -0.4 is 0 Å². The molecule has 8 heteroatoms. The molecule has 2 N–H and O–H groups in total. The first kappa shape index (κ1) is 13.8. The lowest BCUT2D eigenvalue weighted by molar-refractivity contribution is 0.450. The van der Waals surface area contributed by atoms with Gasteiger partial charge in [0.05, 0.1) is 10.5 Å². The number of rotatable bonds is 5. The summed E-state index contributed by atoms with van der Waals surface area (Å²) in [5.41, 5.74) is 0. The molecule has 0 amide bonds. The van der Waals surface area contributed by atoms with Crippen molar-refractivity contribution < 1.29 is 25.9 Å². The summed E-state index contributed by atoms with van der Waals surface area (Å²) in [6.07, 6.45) is -0.0282. The van der Waals surface area contributed by atoms with E-state index in [0.717, 1.165) is 0 Å². The zero-order valence-electron chi connectivity index (χ0n) is 7.91. The molecule has 0 saturated carbocycles. The van der Waals surface area contributed by atoms with Crippen LogP contribution in [0.3, 0.4) is 0 Å². The van der Waals surface area contributed by atoms with Crippen molar-refractivity contribution in [1.29, 1.82) is 0 Å². The fourth-order valence-electron chi connectivity index (χ4n) is 0.767. The maximum atomic E-state index is 10.5. The highest BCUT2D eigenvalue weighted by Crippen LogP contribution is 2.12. The summed E-state index contributed by atoms with van der Waals surface area (Å²) in [6, 6.07) is 0. The molecule has 6 nitrogen and oxygen atoms in total. The molecule has 0 rings (SSSR count). The highest BCUT2D eigenvalue weighted by molar-refractivity contribution is 7.86. The normalized spacial score (nSPS) is 17.7. The van der Waals surface area contributed by atoms with Crippen LogP contribution in [0, 0.1) is 0 Å². The van der Waals surface area contributed by atoms with Gasteiger partial charge in [-0.2, -0.15) is 16.8 Å². The Labute approximate surface area is 83.8 Å². The van der Waals surface area contributed by atoms with Gasteiger partial charge in [-0.25, -0.2) is 0 Å². The lowest BCUT2D eigenvalue weighted by Gasteiger charge is -2.10. The Bertz CT molecular complexity index is 329. The van der Waals surface area contributed by atoms with E-state index in [1.54, 1.807) is 0 Å². The first-order valence-electron chi connectivity index (χ1n) is 3.97. The minimum atomic E-state index is -4.12. The molecule has 0 aromatic heterocycles. The molecule has 2 unspecified atom stereocenters. The van der Waals surface area contributed by atoms with Gasteiger partial charge in [0.1, 0.15) is 0 Å². The Morgan fingerprint density at radius 3 is 1.21 bits per heavy atom. The van der Waals surface area contributed by atoms with E-state index in [0.29, 0.717) is 0 Å². The van der Waals surface area contributed by atoms with Crippen molar-refractivity contribution in [3.05, 3.63) is 0 Å². The van der Waals surface area contributed by atoms with E-state index in [4.69, 9.17) is 9.11 Å². The number of hydrogen-bond donors (Lipinski definition) is 2. The van der Waals surface area contributed by atoms with Crippen molar-refractivity contribution in [3.63, 3.8) is 0 Å². The van der Waals surface area contributed by atoms with E-state index in [1.807, 2.05) is 0 Å². The second-order valence-electron chi connectivity index (χ2n) is 3.23. The fourth-order valence-corrected chi connectivity index (χ4v) is 1.64. The van der Waals surface area contributed by atoms with Gasteiger partial charge in [-0.05, 0) is 26.7 Å². The smallest absolute Gasteiger partial charge is 0.267 e. The topological polar surface area (TPSA) is 109 Å². The highest BCUT2D eigenvalue weighted by Gasteiger charge is 2.22. The van der Waals surface area contributed by atoms with Crippen LogP contribution in [0.1, 0.15) is 26.7 Å². The van der Waals surface area contributed by atoms with Crippen LogP contribution >= 0.6 is 0 Å². The van der Waals surface area contributed by atoms with Gasteiger partial charge in [0.25, 0.3) is 20.2 Å². The standard InChI is InChI=1S/C6H14O6S2/c1-5(13(7,8)9)3-4-6(2)14(10,11)12/h5-6H,3-4H2,1-2H3,(H,7,8,9)(H,10,11,12). The molecule has 0 fully saturated rings. The molecule has 0 bridgehead atoms. The third kappa shape index (κ3) is 4.89. The zero-order valence-corrected chi connectivity index (χ0v) is 9.55. The summed E-state index contributed by atoms with van der Waals surface area (Å²) in [5, 5.41) is -2.04. The van der Waals surface area contributed by atoms with Gasteiger partial charge in [-0.1, -0.05) is 0 Å². The van der Waals surface area contributed by atoms with Crippen molar-refractivity contribution in [2.45, 2.75) is 37.2 Å². The Morgan fingerprint density at radius 1 is 0.857 bits per heavy atom. The van der Waals surface area contributed by atoms with Crippen molar-refractivity contribution in [1.82, 2.24) is 0 Å². The van der Waals surface area contributed by atoms with Gasteiger partial charge in [0.2, 0.25) is 0 Å². The molecule has 0 aliphatic rings. The highest BCUT2D eigenvalue weighted by atomic mass is 32.2. The summed E-state index contributed by atoms with van der Waals surface area (Å²) in [4.78, 5) is 0. The van der Waals surface area contributed by atoms with Crippen LogP contribution in [0.15, 0.2) is 0 Å². The van der Waals surface area contributed by atoms with Gasteiger partial charge < -0.3 is 0 Å². The minimum Gasteiger partial charge on any atom is -0.285 e. The third-order valence-corrected chi connectivity index (χ3v) is 4.50. The molecule has 86 valence electrons. The van der Waals surface area contributed by atoms with Gasteiger partial charge in [-0.15, -0.1) is 0 Å². The van der Waals surface area contributed by atoms with Gasteiger partial charge in [0.15, 0.2) is 0 Å². The van der Waals surface area contributed by atoms with E-state index >= 15 is 0 Å². The molecule has 2 atom stereocenters. The van der Waals surface area contributed by atoms with Gasteiger partial charge >= 0.3 is 0 Å². The van der Waals surface area contributed by atoms with Crippen LogP contribution in [0.2, 0.25) is 0 Å². The average Bonchev–Trinajstić information content (AvgIpc) is 1.95. The van der Waals surface area contributed by atoms with Crippen molar-refractivity contribution in [2.24, 2.45) is 0 Å². The average molecular weight is 246 g/mol. The molecule has 14 heavy (non-hydrogen) atoms. The molecular formula is C6H14O6S2. The summed E-state index contributed by atoms with van der Waals surface area (Å²) >= 11 is 0. The molecule has 0 saturated heterocycles. The van der Waals surface area contributed by atoms with Crippen LogP contribution in [0.4, 0.5) is 0 Å². The van der Waals surface area contributed by atoms with Crippen LogP contribution in [-0.4, -0.2) is 36.4 Å². The van der Waals surface area contributed by atoms with Crippen molar-refractivity contribution in [3.8, 4) is 0 Å². The van der Waals surface area contributed by atoms with Gasteiger partial charge in [0, 0.05) is 0 Å². The predicted octanol–water partition coefficient (Wildman–Crippen LogP) is 0.319. The Balaban J connectivity index is 4.23. The van der Waals surface area contributed by atoms with E-state index in [-0.39, 0.29) is 12.8 Å². The Morgan fingerprint density at radius 2 is 1.07 bits per heavy atom. The first-order chi connectivity index (χ1) is 6.05. The van der Waals surface area contributed by atoms with Crippen LogP contribution in [0.25, 0.3) is 0 Å².